The summed E-state index contributed by atoms with van der Waals surface area (Å²) in [5, 5.41) is 2.95. The van der Waals surface area contributed by atoms with Crippen molar-refractivity contribution in [3.8, 4) is 0 Å². The third-order valence-electron chi connectivity index (χ3n) is 5.02. The zero-order chi connectivity index (χ0) is 20.2. The molecule has 144 valence electrons. The molecule has 3 aromatic carbocycles. The molecular formula is C25H22N2O2. The van der Waals surface area contributed by atoms with Crippen LogP contribution in [0.2, 0.25) is 0 Å². The second kappa shape index (κ2) is 8.15. The molecule has 4 nitrogen and oxygen atoms in total. The van der Waals surface area contributed by atoms with Crippen molar-refractivity contribution in [1.29, 1.82) is 0 Å². The van der Waals surface area contributed by atoms with Gasteiger partial charge in [-0.3, -0.25) is 9.59 Å². The molecule has 0 fully saturated rings. The van der Waals surface area contributed by atoms with Gasteiger partial charge in [0.15, 0.2) is 0 Å². The number of amides is 2. The minimum atomic E-state index is -0.349. The number of aryl methyl sites for hydroxylation is 1. The molecule has 0 unspecified atom stereocenters. The molecule has 0 bridgehead atoms. The summed E-state index contributed by atoms with van der Waals surface area (Å²) in [6.45, 7) is 2.00. The number of rotatable bonds is 3. The zero-order valence-electron chi connectivity index (χ0n) is 16.2. The normalized spacial score (nSPS) is 16.2. The summed E-state index contributed by atoms with van der Waals surface area (Å²) >= 11 is 0. The van der Waals surface area contributed by atoms with E-state index in [0.29, 0.717) is 0 Å². The smallest absolute Gasteiger partial charge is 0.247 e. The van der Waals surface area contributed by atoms with Gasteiger partial charge in [-0.15, -0.1) is 0 Å². The number of nitrogens with one attached hydrogen (secondary N) is 1. The molecule has 0 saturated heterocycles. The molecule has 0 radical (unpaired) electrons. The van der Waals surface area contributed by atoms with Gasteiger partial charge in [-0.2, -0.15) is 0 Å². The third-order valence-corrected chi connectivity index (χ3v) is 5.02. The first-order valence-electron chi connectivity index (χ1n) is 9.61. The number of carbonyl (C=O) groups excluding carboxylic acids is 2. The van der Waals surface area contributed by atoms with E-state index >= 15 is 0 Å². The zero-order valence-corrected chi connectivity index (χ0v) is 16.2. The van der Waals surface area contributed by atoms with Gasteiger partial charge in [0.05, 0.1) is 6.04 Å². The van der Waals surface area contributed by atoms with Gasteiger partial charge in [0.1, 0.15) is 6.54 Å². The van der Waals surface area contributed by atoms with Gasteiger partial charge in [0.2, 0.25) is 11.8 Å². The van der Waals surface area contributed by atoms with Gasteiger partial charge in [-0.25, -0.2) is 0 Å². The quantitative estimate of drug-likeness (QED) is 0.674. The monoisotopic (exact) mass is 382 g/mol. The summed E-state index contributed by atoms with van der Waals surface area (Å²) in [4.78, 5) is 27.4. The Morgan fingerprint density at radius 1 is 1.00 bits per heavy atom. The summed E-state index contributed by atoms with van der Waals surface area (Å²) in [5.74, 6) is -0.401. The van der Waals surface area contributed by atoms with Crippen LogP contribution in [-0.4, -0.2) is 23.3 Å². The number of nitrogens with zero attached hydrogens (tertiary/aromatic N) is 1. The number of carbonyl (C=O) groups is 2. The molecule has 1 aliphatic heterocycles. The molecule has 0 saturated carbocycles. The first kappa shape index (κ1) is 18.7. The number of fused-ring (bicyclic) bond motifs is 1. The number of hydrogen-bond acceptors (Lipinski definition) is 2. The Balaban J connectivity index is 1.78. The van der Waals surface area contributed by atoms with E-state index in [1.54, 1.807) is 17.1 Å². The van der Waals surface area contributed by atoms with E-state index in [0.717, 1.165) is 27.9 Å². The van der Waals surface area contributed by atoms with Crippen molar-refractivity contribution in [1.82, 2.24) is 4.90 Å². The van der Waals surface area contributed by atoms with Crippen molar-refractivity contribution in [2.24, 2.45) is 0 Å². The predicted molar refractivity (Wildman–Crippen MR) is 115 cm³/mol. The van der Waals surface area contributed by atoms with Crippen LogP contribution in [0, 0.1) is 6.92 Å². The minimum Gasteiger partial charge on any atom is -0.324 e. The lowest BCUT2D eigenvalue weighted by Gasteiger charge is -2.30. The molecule has 0 aromatic heterocycles. The first-order chi connectivity index (χ1) is 14.1. The lowest BCUT2D eigenvalue weighted by atomic mass is 9.94. The number of benzene rings is 3. The van der Waals surface area contributed by atoms with Gasteiger partial charge < -0.3 is 10.2 Å². The molecule has 0 aliphatic carbocycles. The molecule has 4 heteroatoms. The van der Waals surface area contributed by atoms with Gasteiger partial charge >= 0.3 is 0 Å². The molecular weight excluding hydrogens is 360 g/mol. The van der Waals surface area contributed by atoms with Crippen molar-refractivity contribution in [3.05, 3.63) is 107 Å². The van der Waals surface area contributed by atoms with Crippen LogP contribution in [0.1, 0.15) is 28.3 Å². The fourth-order valence-corrected chi connectivity index (χ4v) is 3.65. The van der Waals surface area contributed by atoms with E-state index in [-0.39, 0.29) is 24.4 Å². The minimum absolute atomic E-state index is 0.00868. The highest BCUT2D eigenvalue weighted by molar-refractivity contribution is 6.00. The van der Waals surface area contributed by atoms with Crippen molar-refractivity contribution in [2.45, 2.75) is 13.0 Å². The van der Waals surface area contributed by atoms with Gasteiger partial charge in [0, 0.05) is 17.3 Å². The van der Waals surface area contributed by atoms with Crippen LogP contribution in [-0.2, 0) is 9.59 Å². The highest BCUT2D eigenvalue weighted by atomic mass is 16.2. The van der Waals surface area contributed by atoms with E-state index in [1.807, 2.05) is 85.8 Å². The van der Waals surface area contributed by atoms with Crippen LogP contribution in [0.4, 0.5) is 5.69 Å². The van der Waals surface area contributed by atoms with E-state index in [9.17, 15) is 9.59 Å². The van der Waals surface area contributed by atoms with Crippen LogP contribution >= 0.6 is 0 Å². The summed E-state index contributed by atoms with van der Waals surface area (Å²) in [6.07, 6.45) is 3.32. The lowest BCUT2D eigenvalue weighted by molar-refractivity contribution is -0.131. The van der Waals surface area contributed by atoms with Gasteiger partial charge in [0.25, 0.3) is 0 Å². The molecule has 1 aliphatic rings. The second-order valence-corrected chi connectivity index (χ2v) is 7.16. The topological polar surface area (TPSA) is 49.4 Å². The van der Waals surface area contributed by atoms with Crippen LogP contribution in [0.3, 0.4) is 0 Å². The molecule has 3 aromatic rings. The maximum absolute atomic E-state index is 13.2. The Morgan fingerprint density at radius 3 is 2.41 bits per heavy atom. The van der Waals surface area contributed by atoms with Crippen LogP contribution in [0.15, 0.2) is 84.9 Å². The summed E-state index contributed by atoms with van der Waals surface area (Å²) in [7, 11) is 0. The average Bonchev–Trinajstić information content (AvgIpc) is 2.89. The second-order valence-electron chi connectivity index (χ2n) is 7.16. The SMILES string of the molecule is Cc1ccc2c(c1)[C@H](c1ccccc1)N(C(=O)/C=C/c1ccccc1)CC(=O)N2. The highest BCUT2D eigenvalue weighted by Crippen LogP contribution is 2.36. The molecule has 1 heterocycles. The molecule has 29 heavy (non-hydrogen) atoms. The Labute approximate surface area is 170 Å². The molecule has 1 N–H and O–H groups in total. The first-order valence-corrected chi connectivity index (χ1v) is 9.61. The van der Waals surface area contributed by atoms with Crippen molar-refractivity contribution < 1.29 is 9.59 Å². The number of anilines is 1. The summed E-state index contributed by atoms with van der Waals surface area (Å²) in [6, 6.07) is 25.1. The summed E-state index contributed by atoms with van der Waals surface area (Å²) in [5.41, 5.74) is 4.65. The summed E-state index contributed by atoms with van der Waals surface area (Å²) < 4.78 is 0. The van der Waals surface area contributed by atoms with Crippen LogP contribution in [0.25, 0.3) is 6.08 Å². The average molecular weight is 382 g/mol. The van der Waals surface area contributed by atoms with Crippen molar-refractivity contribution in [2.75, 3.05) is 11.9 Å². The van der Waals surface area contributed by atoms with E-state index in [2.05, 4.69) is 5.32 Å². The lowest BCUT2D eigenvalue weighted by Crippen LogP contribution is -2.38. The molecule has 1 atom stereocenters. The predicted octanol–water partition coefficient (Wildman–Crippen LogP) is 4.58. The van der Waals surface area contributed by atoms with Crippen molar-refractivity contribution in [3.63, 3.8) is 0 Å². The Hall–Kier alpha value is -3.66. The maximum Gasteiger partial charge on any atom is 0.247 e. The highest BCUT2D eigenvalue weighted by Gasteiger charge is 2.32. The van der Waals surface area contributed by atoms with Gasteiger partial charge in [-0.05, 0) is 30.2 Å². The fraction of sp³-hybridized carbons (Fsp3) is 0.120. The van der Waals surface area contributed by atoms with Crippen LogP contribution in [0.5, 0.6) is 0 Å². The van der Waals surface area contributed by atoms with Crippen molar-refractivity contribution >= 4 is 23.6 Å². The van der Waals surface area contributed by atoms with E-state index in [1.165, 1.54) is 0 Å². The van der Waals surface area contributed by atoms with E-state index < -0.39 is 0 Å². The molecule has 2 amide bonds. The van der Waals surface area contributed by atoms with E-state index in [4.69, 9.17) is 0 Å². The molecule has 0 spiro atoms. The standard InChI is InChI=1S/C25H22N2O2/c1-18-12-14-22-21(16-18)25(20-10-6-3-7-11-20)27(17-23(28)26-22)24(29)15-13-19-8-4-2-5-9-19/h2-16,25H,17H2,1H3,(H,26,28)/b15-13+/t25-/m0/s1. The van der Waals surface area contributed by atoms with Gasteiger partial charge in [-0.1, -0.05) is 78.4 Å². The number of hydrogen-bond donors (Lipinski definition) is 1. The fourth-order valence-electron chi connectivity index (χ4n) is 3.65. The largest absolute Gasteiger partial charge is 0.324 e. The Kier molecular flexibility index (Phi) is 5.25. The Morgan fingerprint density at radius 2 is 1.69 bits per heavy atom. The maximum atomic E-state index is 13.2. The third kappa shape index (κ3) is 4.11. The molecule has 4 rings (SSSR count). The van der Waals surface area contributed by atoms with Crippen LogP contribution < -0.4 is 5.32 Å². The Bertz CT molecular complexity index is 1060.